The lowest BCUT2D eigenvalue weighted by molar-refractivity contribution is -0.0189. The number of ether oxygens (including phenoxy) is 1. The monoisotopic (exact) mass is 491 g/mol. The van der Waals surface area contributed by atoms with Crippen molar-refractivity contribution in [3.63, 3.8) is 0 Å². The molecule has 5 aromatic rings. The van der Waals surface area contributed by atoms with Crippen LogP contribution in [0.2, 0.25) is 5.02 Å². The number of rotatable bonds is 3. The second-order valence-electron chi connectivity index (χ2n) is 9.32. The second kappa shape index (κ2) is 8.25. The van der Waals surface area contributed by atoms with Crippen LogP contribution in [0.4, 0.5) is 0 Å². The third-order valence-corrected chi connectivity index (χ3v) is 7.23. The predicted octanol–water partition coefficient (Wildman–Crippen LogP) is 7.70. The van der Waals surface area contributed by atoms with E-state index in [1.807, 2.05) is 48.5 Å². The summed E-state index contributed by atoms with van der Waals surface area (Å²) in [6, 6.07) is 30.6. The largest absolute Gasteiger partial charge is 0.464 e. The van der Waals surface area contributed by atoms with Crippen LogP contribution in [0.3, 0.4) is 0 Å². The number of benzene rings is 4. The SMILES string of the molecule is Cc1ccc(C2=NN3[C@H](C2)c2ccccc2O[C@@H]3c2ccc3noc(-c4ccc(Cl)cc4)c3c2)cc1. The van der Waals surface area contributed by atoms with Crippen molar-refractivity contribution >= 4 is 28.2 Å². The Hall–Kier alpha value is -4.09. The van der Waals surface area contributed by atoms with E-state index in [0.717, 1.165) is 51.0 Å². The number of aromatic nitrogens is 1. The molecule has 0 fully saturated rings. The zero-order valence-electron chi connectivity index (χ0n) is 19.6. The molecule has 2 aliphatic heterocycles. The molecule has 0 radical (unpaired) electrons. The molecule has 36 heavy (non-hydrogen) atoms. The van der Waals surface area contributed by atoms with E-state index in [4.69, 9.17) is 26.0 Å². The van der Waals surface area contributed by atoms with Gasteiger partial charge in [-0.3, -0.25) is 0 Å². The van der Waals surface area contributed by atoms with Gasteiger partial charge in [-0.25, -0.2) is 5.01 Å². The molecule has 0 N–H and O–H groups in total. The minimum Gasteiger partial charge on any atom is -0.464 e. The van der Waals surface area contributed by atoms with Crippen molar-refractivity contribution in [2.24, 2.45) is 5.10 Å². The van der Waals surface area contributed by atoms with Gasteiger partial charge in [-0.2, -0.15) is 5.10 Å². The molecule has 4 aromatic carbocycles. The molecule has 176 valence electrons. The van der Waals surface area contributed by atoms with Crippen LogP contribution in [0.1, 0.15) is 40.9 Å². The number of hydrogen-bond donors (Lipinski definition) is 0. The van der Waals surface area contributed by atoms with Crippen LogP contribution in [0.15, 0.2) is 101 Å². The molecule has 6 heteroatoms. The minimum absolute atomic E-state index is 0.102. The summed E-state index contributed by atoms with van der Waals surface area (Å²) in [4.78, 5) is 0. The van der Waals surface area contributed by atoms with Crippen LogP contribution in [0, 0.1) is 6.92 Å². The van der Waals surface area contributed by atoms with Gasteiger partial charge in [0.05, 0.1) is 17.1 Å². The van der Waals surface area contributed by atoms with E-state index in [1.54, 1.807) is 0 Å². The van der Waals surface area contributed by atoms with Gasteiger partial charge >= 0.3 is 0 Å². The Labute approximate surface area is 213 Å². The van der Waals surface area contributed by atoms with Crippen LogP contribution >= 0.6 is 11.6 Å². The summed E-state index contributed by atoms with van der Waals surface area (Å²) in [6.45, 7) is 2.10. The topological polar surface area (TPSA) is 50.9 Å². The molecule has 0 saturated heterocycles. The summed E-state index contributed by atoms with van der Waals surface area (Å²) in [5, 5.41) is 13.1. The molecule has 3 heterocycles. The molecule has 0 amide bonds. The first kappa shape index (κ1) is 21.2. The average Bonchev–Trinajstić information content (AvgIpc) is 3.54. The number of halogens is 1. The molecular weight excluding hydrogens is 470 g/mol. The van der Waals surface area contributed by atoms with Crippen molar-refractivity contribution < 1.29 is 9.26 Å². The minimum atomic E-state index is -0.370. The Bertz CT molecular complexity index is 1620. The van der Waals surface area contributed by atoms with E-state index in [2.05, 4.69) is 59.6 Å². The van der Waals surface area contributed by atoms with Gasteiger partial charge < -0.3 is 9.26 Å². The molecule has 0 saturated carbocycles. The number of nitrogens with zero attached hydrogens (tertiary/aromatic N) is 3. The normalized spacial score (nSPS) is 18.5. The molecule has 2 aliphatic rings. The van der Waals surface area contributed by atoms with Crippen molar-refractivity contribution in [1.82, 2.24) is 10.2 Å². The van der Waals surface area contributed by atoms with Crippen LogP contribution in [0.25, 0.3) is 22.2 Å². The molecule has 0 aliphatic carbocycles. The lowest BCUT2D eigenvalue weighted by Gasteiger charge is -2.38. The van der Waals surface area contributed by atoms with E-state index in [-0.39, 0.29) is 12.3 Å². The molecule has 7 rings (SSSR count). The number of aryl methyl sites for hydroxylation is 1. The lowest BCUT2D eigenvalue weighted by Crippen LogP contribution is -2.33. The van der Waals surface area contributed by atoms with Crippen molar-refractivity contribution in [1.29, 1.82) is 0 Å². The summed E-state index contributed by atoms with van der Waals surface area (Å²) >= 11 is 6.09. The predicted molar refractivity (Wildman–Crippen MR) is 141 cm³/mol. The molecule has 2 atom stereocenters. The van der Waals surface area contributed by atoms with Crippen molar-refractivity contribution in [2.75, 3.05) is 0 Å². The van der Waals surface area contributed by atoms with Crippen LogP contribution in [-0.2, 0) is 0 Å². The van der Waals surface area contributed by atoms with Gasteiger partial charge in [0.25, 0.3) is 0 Å². The zero-order chi connectivity index (χ0) is 24.2. The maximum atomic E-state index is 6.57. The third-order valence-electron chi connectivity index (χ3n) is 6.98. The van der Waals surface area contributed by atoms with E-state index in [9.17, 15) is 0 Å². The third kappa shape index (κ3) is 3.47. The van der Waals surface area contributed by atoms with Crippen molar-refractivity contribution in [3.8, 4) is 17.1 Å². The van der Waals surface area contributed by atoms with Gasteiger partial charge in [0.1, 0.15) is 11.3 Å². The molecule has 0 unspecified atom stereocenters. The van der Waals surface area contributed by atoms with Gasteiger partial charge in [0.15, 0.2) is 5.76 Å². The first-order valence-corrected chi connectivity index (χ1v) is 12.4. The fourth-order valence-electron chi connectivity index (χ4n) is 5.10. The highest BCUT2D eigenvalue weighted by Crippen LogP contribution is 2.48. The fraction of sp³-hybridized carbons (Fsp3) is 0.133. The summed E-state index contributed by atoms with van der Waals surface area (Å²) in [7, 11) is 0. The van der Waals surface area contributed by atoms with Gasteiger partial charge in [0.2, 0.25) is 6.23 Å². The Balaban J connectivity index is 1.33. The van der Waals surface area contributed by atoms with Gasteiger partial charge in [-0.15, -0.1) is 0 Å². The highest BCUT2D eigenvalue weighted by Gasteiger charge is 2.41. The molecule has 5 nitrogen and oxygen atoms in total. The van der Waals surface area contributed by atoms with E-state index >= 15 is 0 Å². The van der Waals surface area contributed by atoms with E-state index in [0.29, 0.717) is 10.8 Å². The lowest BCUT2D eigenvalue weighted by atomic mass is 9.95. The average molecular weight is 492 g/mol. The highest BCUT2D eigenvalue weighted by molar-refractivity contribution is 6.30. The van der Waals surface area contributed by atoms with Gasteiger partial charge in [0, 0.05) is 28.1 Å². The van der Waals surface area contributed by atoms with E-state index in [1.165, 1.54) is 5.56 Å². The molecule has 0 spiro atoms. The molecule has 0 bridgehead atoms. The zero-order valence-corrected chi connectivity index (χ0v) is 20.3. The maximum absolute atomic E-state index is 6.57. The molecular formula is C30H22ClN3O2. The standard InChI is InChI=1S/C30H22ClN3O2/c1-18-6-8-19(9-7-18)26-17-27-23-4-2-3-5-28(23)35-30(34(27)32-26)21-12-15-25-24(16-21)29(36-33-25)20-10-13-22(31)14-11-20/h2-16,27,30H,17H2,1H3/t27-,30-/m1/s1. The van der Waals surface area contributed by atoms with E-state index < -0.39 is 0 Å². The van der Waals surface area contributed by atoms with Crippen LogP contribution < -0.4 is 4.74 Å². The van der Waals surface area contributed by atoms with Crippen molar-refractivity contribution in [2.45, 2.75) is 25.6 Å². The fourth-order valence-corrected chi connectivity index (χ4v) is 5.22. The Morgan fingerprint density at radius 3 is 2.50 bits per heavy atom. The van der Waals surface area contributed by atoms with Crippen LogP contribution in [-0.4, -0.2) is 15.9 Å². The van der Waals surface area contributed by atoms with Gasteiger partial charge in [-0.05, 0) is 55.0 Å². The van der Waals surface area contributed by atoms with Crippen molar-refractivity contribution in [3.05, 3.63) is 118 Å². The van der Waals surface area contributed by atoms with Crippen LogP contribution in [0.5, 0.6) is 5.75 Å². The number of hydrazone groups is 1. The van der Waals surface area contributed by atoms with Gasteiger partial charge in [-0.1, -0.05) is 70.9 Å². The second-order valence-corrected chi connectivity index (χ2v) is 9.75. The maximum Gasteiger partial charge on any atom is 0.213 e. The summed E-state index contributed by atoms with van der Waals surface area (Å²) in [6.07, 6.45) is 0.455. The Morgan fingerprint density at radius 2 is 1.67 bits per heavy atom. The first-order chi connectivity index (χ1) is 17.6. The number of fused-ring (bicyclic) bond motifs is 4. The number of hydrogen-bond acceptors (Lipinski definition) is 5. The molecule has 1 aromatic heterocycles. The number of para-hydroxylation sites is 1. The quantitative estimate of drug-likeness (QED) is 0.259. The smallest absolute Gasteiger partial charge is 0.213 e. The summed E-state index contributed by atoms with van der Waals surface area (Å²) in [5.74, 6) is 1.61. The first-order valence-electron chi connectivity index (χ1n) is 12.0. The Morgan fingerprint density at radius 1 is 0.889 bits per heavy atom. The highest BCUT2D eigenvalue weighted by atomic mass is 35.5. The Kier molecular flexibility index (Phi) is 4.86. The summed E-state index contributed by atoms with van der Waals surface area (Å²) in [5.41, 5.74) is 7.32. The summed E-state index contributed by atoms with van der Waals surface area (Å²) < 4.78 is 12.3.